The number of fused-ring (bicyclic) bond motifs is 1. The first-order valence-corrected chi connectivity index (χ1v) is 13.0. The Labute approximate surface area is 229 Å². The summed E-state index contributed by atoms with van der Waals surface area (Å²) in [6.45, 7) is 7.79. The molecule has 1 atom stereocenters. The Balaban J connectivity index is 1.53. The summed E-state index contributed by atoms with van der Waals surface area (Å²) in [6, 6.07) is 11.9. The van der Waals surface area contributed by atoms with Crippen molar-refractivity contribution in [3.8, 4) is 17.1 Å². The van der Waals surface area contributed by atoms with E-state index in [1.54, 1.807) is 34.6 Å². The van der Waals surface area contributed by atoms with Crippen LogP contribution in [-0.2, 0) is 13.0 Å². The average Bonchev–Trinajstić information content (AvgIpc) is 3.32. The first-order chi connectivity index (χ1) is 18.1. The van der Waals surface area contributed by atoms with Gasteiger partial charge >= 0.3 is 0 Å². The molecule has 5 rings (SSSR count). The fraction of sp³-hybridized carbons (Fsp3) is 0.296. The second-order valence-electron chi connectivity index (χ2n) is 9.59. The molecule has 4 aromatic rings. The van der Waals surface area contributed by atoms with Crippen molar-refractivity contribution in [3.05, 3.63) is 85.6 Å². The number of benzene rings is 2. The predicted molar refractivity (Wildman–Crippen MR) is 146 cm³/mol. The van der Waals surface area contributed by atoms with Gasteiger partial charge in [-0.25, -0.2) is 9.55 Å². The molecule has 0 unspecified atom stereocenters. The van der Waals surface area contributed by atoms with Crippen LogP contribution in [0.2, 0.25) is 10.0 Å². The van der Waals surface area contributed by atoms with Crippen LogP contribution in [0.25, 0.3) is 17.1 Å². The number of nitrogens with one attached hydrogen (secondary N) is 1. The second kappa shape index (κ2) is 10.2. The van der Waals surface area contributed by atoms with Gasteiger partial charge in [-0.3, -0.25) is 9.59 Å². The largest absolute Gasteiger partial charge is 0.421 e. The minimum Gasteiger partial charge on any atom is -0.421 e. The third-order valence-corrected chi connectivity index (χ3v) is 7.10. The van der Waals surface area contributed by atoms with Crippen molar-refractivity contribution in [2.24, 2.45) is 0 Å². The van der Waals surface area contributed by atoms with Crippen molar-refractivity contribution >= 4 is 35.1 Å². The van der Waals surface area contributed by atoms with Gasteiger partial charge in [-0.05, 0) is 69.7 Å². The number of carbonyl (C=O) groups excluding carboxylic acids is 1. The zero-order chi connectivity index (χ0) is 27.1. The number of carbonyl (C=O) groups is 1. The Kier molecular flexibility index (Phi) is 6.98. The van der Waals surface area contributed by atoms with E-state index in [0.717, 1.165) is 5.56 Å². The van der Waals surface area contributed by atoms with E-state index in [2.05, 4.69) is 15.5 Å². The number of aromatic nitrogens is 4. The standard InChI is InChI=1S/C27H26Cl2N6O3/c1-14(2)30-27-31-23-13-34(25(36)18-7-10-21(28)22(29)12-18)15(3)11-20(23)26(37)35(27)19-8-5-17(6-9-19)24-33-32-16(4)38-24/h5-10,12,14-15H,11,13H2,1-4H3,(H,30,31)/t15-/m1/s1. The van der Waals surface area contributed by atoms with Crippen LogP contribution in [0.1, 0.15) is 48.3 Å². The molecule has 196 valence electrons. The van der Waals surface area contributed by atoms with Crippen molar-refractivity contribution in [1.82, 2.24) is 24.6 Å². The van der Waals surface area contributed by atoms with Crippen molar-refractivity contribution in [2.45, 2.75) is 52.7 Å². The van der Waals surface area contributed by atoms with Crippen LogP contribution >= 0.6 is 23.2 Å². The van der Waals surface area contributed by atoms with Crippen LogP contribution in [0, 0.1) is 6.92 Å². The van der Waals surface area contributed by atoms with Gasteiger partial charge in [0, 0.05) is 35.7 Å². The summed E-state index contributed by atoms with van der Waals surface area (Å²) >= 11 is 12.2. The number of aryl methyl sites for hydroxylation is 1. The minimum absolute atomic E-state index is 0.0169. The van der Waals surface area contributed by atoms with Gasteiger partial charge in [-0.1, -0.05) is 23.2 Å². The number of halogens is 2. The molecule has 1 amide bonds. The van der Waals surface area contributed by atoms with Crippen molar-refractivity contribution < 1.29 is 9.21 Å². The maximum atomic E-state index is 13.9. The van der Waals surface area contributed by atoms with E-state index in [1.807, 2.05) is 45.0 Å². The number of nitrogens with zero attached hydrogens (tertiary/aromatic N) is 5. The van der Waals surface area contributed by atoms with Crippen LogP contribution in [0.3, 0.4) is 0 Å². The molecular weight excluding hydrogens is 527 g/mol. The SMILES string of the molecule is Cc1nnc(-c2ccc(-n3c(NC(C)C)nc4c(c3=O)C[C@@H](C)N(C(=O)c3ccc(Cl)c(Cl)c3)C4)cc2)o1. The maximum absolute atomic E-state index is 13.9. The first-order valence-electron chi connectivity index (χ1n) is 12.2. The highest BCUT2D eigenvalue weighted by molar-refractivity contribution is 6.42. The molecule has 0 spiro atoms. The number of rotatable bonds is 5. The zero-order valence-electron chi connectivity index (χ0n) is 21.3. The summed E-state index contributed by atoms with van der Waals surface area (Å²) in [4.78, 5) is 33.7. The number of hydrogen-bond donors (Lipinski definition) is 1. The lowest BCUT2D eigenvalue weighted by atomic mass is 9.98. The second-order valence-corrected chi connectivity index (χ2v) is 10.4. The molecule has 1 aliphatic rings. The van der Waals surface area contributed by atoms with Gasteiger partial charge in [-0.15, -0.1) is 10.2 Å². The fourth-order valence-electron chi connectivity index (χ4n) is 4.49. The van der Waals surface area contributed by atoms with Crippen LogP contribution in [0.15, 0.2) is 51.7 Å². The molecule has 0 aliphatic carbocycles. The first kappa shape index (κ1) is 25.9. The third kappa shape index (κ3) is 4.91. The van der Waals surface area contributed by atoms with E-state index >= 15 is 0 Å². The molecule has 0 radical (unpaired) electrons. The van der Waals surface area contributed by atoms with E-state index in [9.17, 15) is 9.59 Å². The lowest BCUT2D eigenvalue weighted by molar-refractivity contribution is 0.0653. The lowest BCUT2D eigenvalue weighted by Gasteiger charge is -2.34. The molecule has 1 aliphatic heterocycles. The molecule has 9 nitrogen and oxygen atoms in total. The highest BCUT2D eigenvalue weighted by Crippen LogP contribution is 2.28. The number of anilines is 1. The predicted octanol–water partition coefficient (Wildman–Crippen LogP) is 5.31. The molecule has 0 saturated heterocycles. The summed E-state index contributed by atoms with van der Waals surface area (Å²) in [6.07, 6.45) is 0.371. The fourth-order valence-corrected chi connectivity index (χ4v) is 4.78. The average molecular weight is 553 g/mol. The van der Waals surface area contributed by atoms with E-state index in [-0.39, 0.29) is 30.1 Å². The smallest absolute Gasteiger partial charge is 0.263 e. The summed E-state index contributed by atoms with van der Waals surface area (Å²) in [5.41, 5.74) is 2.81. The van der Waals surface area contributed by atoms with Crippen LogP contribution in [0.5, 0.6) is 0 Å². The molecule has 2 aromatic heterocycles. The number of amides is 1. The van der Waals surface area contributed by atoms with Gasteiger partial charge in [0.25, 0.3) is 11.5 Å². The normalized spacial score (nSPS) is 15.0. The van der Waals surface area contributed by atoms with E-state index in [1.165, 1.54) is 0 Å². The molecule has 3 heterocycles. The maximum Gasteiger partial charge on any atom is 0.263 e. The Morgan fingerprint density at radius 2 is 1.84 bits per heavy atom. The molecular formula is C27H26Cl2N6O3. The molecule has 2 aromatic carbocycles. The third-order valence-electron chi connectivity index (χ3n) is 6.36. The molecule has 38 heavy (non-hydrogen) atoms. The molecule has 1 N–H and O–H groups in total. The van der Waals surface area contributed by atoms with Gasteiger partial charge in [0.1, 0.15) is 0 Å². The van der Waals surface area contributed by atoms with E-state index in [0.29, 0.717) is 56.7 Å². The topological polar surface area (TPSA) is 106 Å². The van der Waals surface area contributed by atoms with Crippen LogP contribution in [-0.4, -0.2) is 42.6 Å². The van der Waals surface area contributed by atoms with E-state index in [4.69, 9.17) is 32.6 Å². The van der Waals surface area contributed by atoms with Crippen molar-refractivity contribution in [2.75, 3.05) is 5.32 Å². The Bertz CT molecular complexity index is 1580. The zero-order valence-corrected chi connectivity index (χ0v) is 22.8. The Hall–Kier alpha value is -3.69. The van der Waals surface area contributed by atoms with Crippen molar-refractivity contribution in [3.63, 3.8) is 0 Å². The molecule has 11 heteroatoms. The van der Waals surface area contributed by atoms with E-state index < -0.39 is 0 Å². The number of hydrogen-bond acceptors (Lipinski definition) is 7. The van der Waals surface area contributed by atoms with Crippen molar-refractivity contribution in [1.29, 1.82) is 0 Å². The quantitative estimate of drug-likeness (QED) is 0.357. The molecule has 0 fully saturated rings. The monoisotopic (exact) mass is 552 g/mol. The van der Waals surface area contributed by atoms with Gasteiger partial charge in [0.05, 0.1) is 28.0 Å². The van der Waals surface area contributed by atoms with Gasteiger partial charge in [0.15, 0.2) is 0 Å². The van der Waals surface area contributed by atoms with Crippen LogP contribution in [0.4, 0.5) is 5.95 Å². The summed E-state index contributed by atoms with van der Waals surface area (Å²) in [7, 11) is 0. The molecule has 0 saturated carbocycles. The summed E-state index contributed by atoms with van der Waals surface area (Å²) < 4.78 is 7.09. The summed E-state index contributed by atoms with van der Waals surface area (Å²) in [5, 5.41) is 11.9. The van der Waals surface area contributed by atoms with Gasteiger partial charge < -0.3 is 14.6 Å². The van der Waals surface area contributed by atoms with Gasteiger partial charge in [0.2, 0.25) is 17.7 Å². The van der Waals surface area contributed by atoms with Gasteiger partial charge in [-0.2, -0.15) is 0 Å². The molecule has 0 bridgehead atoms. The Morgan fingerprint density at radius 1 is 1.11 bits per heavy atom. The summed E-state index contributed by atoms with van der Waals surface area (Å²) in [5.74, 6) is 1.09. The minimum atomic E-state index is -0.223. The highest BCUT2D eigenvalue weighted by atomic mass is 35.5. The lowest BCUT2D eigenvalue weighted by Crippen LogP contribution is -2.46. The Morgan fingerprint density at radius 3 is 2.47 bits per heavy atom. The highest BCUT2D eigenvalue weighted by Gasteiger charge is 2.32. The van der Waals surface area contributed by atoms with Crippen LogP contribution < -0.4 is 10.9 Å².